The van der Waals surface area contributed by atoms with Crippen LogP contribution >= 0.6 is 11.3 Å². The lowest BCUT2D eigenvalue weighted by Gasteiger charge is -1.89. The molecule has 0 amide bonds. The minimum Gasteiger partial charge on any atom is -0.481 e. The first kappa shape index (κ1) is 8.20. The van der Waals surface area contributed by atoms with E-state index in [9.17, 15) is 9.18 Å². The molecule has 0 aliphatic heterocycles. The number of carboxylic acid groups (broad SMARTS) is 1. The van der Waals surface area contributed by atoms with E-state index in [2.05, 4.69) is 0 Å². The van der Waals surface area contributed by atoms with E-state index in [4.69, 9.17) is 5.11 Å². The van der Waals surface area contributed by atoms with Crippen molar-refractivity contribution in [2.75, 3.05) is 0 Å². The molecule has 0 aromatic carbocycles. The van der Waals surface area contributed by atoms with Crippen LogP contribution in [0.4, 0.5) is 4.39 Å². The number of rotatable bonds is 3. The van der Waals surface area contributed by atoms with Crippen LogP contribution in [0.3, 0.4) is 0 Å². The van der Waals surface area contributed by atoms with Crippen molar-refractivity contribution in [2.24, 2.45) is 0 Å². The van der Waals surface area contributed by atoms with Crippen LogP contribution in [0.5, 0.6) is 0 Å². The summed E-state index contributed by atoms with van der Waals surface area (Å²) in [6.07, 6.45) is 0.490. The molecule has 0 unspecified atom stereocenters. The Morgan fingerprint density at radius 1 is 1.64 bits per heavy atom. The van der Waals surface area contributed by atoms with Gasteiger partial charge in [0.1, 0.15) is 0 Å². The lowest BCUT2D eigenvalue weighted by molar-refractivity contribution is -0.136. The number of hydrogen-bond acceptors (Lipinski definition) is 2. The monoisotopic (exact) mass is 174 g/mol. The summed E-state index contributed by atoms with van der Waals surface area (Å²) in [4.78, 5) is 10.9. The first-order chi connectivity index (χ1) is 5.18. The van der Waals surface area contributed by atoms with Crippen LogP contribution in [0.25, 0.3) is 0 Å². The molecule has 0 saturated heterocycles. The van der Waals surface area contributed by atoms with E-state index in [1.54, 1.807) is 6.07 Å². The molecule has 4 heteroatoms. The highest BCUT2D eigenvalue weighted by Gasteiger charge is 2.01. The van der Waals surface area contributed by atoms with Gasteiger partial charge in [-0.2, -0.15) is 4.39 Å². The molecule has 1 heterocycles. The third-order valence-electron chi connectivity index (χ3n) is 1.21. The molecule has 0 fully saturated rings. The number of thiophene rings is 1. The Balaban J connectivity index is 2.45. The predicted molar refractivity (Wildman–Crippen MR) is 40.2 cm³/mol. The van der Waals surface area contributed by atoms with Crippen molar-refractivity contribution in [1.29, 1.82) is 0 Å². The predicted octanol–water partition coefficient (Wildman–Crippen LogP) is 1.90. The Hall–Kier alpha value is -0.900. The van der Waals surface area contributed by atoms with Crippen LogP contribution in [0.2, 0.25) is 0 Å². The Labute approximate surface area is 67.3 Å². The van der Waals surface area contributed by atoms with Crippen molar-refractivity contribution in [3.05, 3.63) is 22.1 Å². The third-order valence-corrected chi connectivity index (χ3v) is 2.15. The van der Waals surface area contributed by atoms with Gasteiger partial charge in [0.15, 0.2) is 5.13 Å². The summed E-state index contributed by atoms with van der Waals surface area (Å²) in [5.74, 6) is -0.848. The van der Waals surface area contributed by atoms with E-state index in [1.807, 2.05) is 0 Å². The van der Waals surface area contributed by atoms with Gasteiger partial charge in [0.25, 0.3) is 0 Å². The van der Waals surface area contributed by atoms with Crippen LogP contribution in [0, 0.1) is 5.13 Å². The summed E-state index contributed by atoms with van der Waals surface area (Å²) < 4.78 is 12.3. The molecule has 60 valence electrons. The number of aliphatic carboxylic acids is 1. The van der Waals surface area contributed by atoms with Crippen molar-refractivity contribution in [2.45, 2.75) is 12.8 Å². The van der Waals surface area contributed by atoms with Gasteiger partial charge in [-0.15, -0.1) is 11.3 Å². The first-order valence-corrected chi connectivity index (χ1v) is 3.96. The molecular weight excluding hydrogens is 167 g/mol. The normalized spacial score (nSPS) is 9.91. The first-order valence-electron chi connectivity index (χ1n) is 3.14. The van der Waals surface area contributed by atoms with Gasteiger partial charge in [-0.05, 0) is 18.6 Å². The molecule has 0 bridgehead atoms. The van der Waals surface area contributed by atoms with Gasteiger partial charge in [0, 0.05) is 4.88 Å². The van der Waals surface area contributed by atoms with Crippen molar-refractivity contribution >= 4 is 17.3 Å². The summed E-state index contributed by atoms with van der Waals surface area (Å²) in [5.41, 5.74) is 0. The van der Waals surface area contributed by atoms with Crippen molar-refractivity contribution in [1.82, 2.24) is 0 Å². The lowest BCUT2D eigenvalue weighted by atomic mass is 10.3. The third kappa shape index (κ3) is 2.67. The molecule has 1 aromatic heterocycles. The highest BCUT2D eigenvalue weighted by molar-refractivity contribution is 7.10. The summed E-state index contributed by atoms with van der Waals surface area (Å²) in [5, 5.41) is 8.03. The van der Waals surface area contributed by atoms with Crippen LogP contribution in [0.1, 0.15) is 11.3 Å². The fourth-order valence-electron chi connectivity index (χ4n) is 0.716. The Bertz CT molecular complexity index is 257. The van der Waals surface area contributed by atoms with E-state index < -0.39 is 5.97 Å². The molecule has 1 aromatic rings. The molecule has 1 rings (SSSR count). The smallest absolute Gasteiger partial charge is 0.303 e. The van der Waals surface area contributed by atoms with Crippen LogP contribution in [0.15, 0.2) is 12.1 Å². The van der Waals surface area contributed by atoms with Gasteiger partial charge in [0.2, 0.25) is 0 Å². The van der Waals surface area contributed by atoms with Crippen molar-refractivity contribution in [3.63, 3.8) is 0 Å². The largest absolute Gasteiger partial charge is 0.481 e. The zero-order valence-electron chi connectivity index (χ0n) is 5.71. The van der Waals surface area contributed by atoms with Gasteiger partial charge in [-0.3, -0.25) is 4.79 Å². The molecule has 0 spiro atoms. The SMILES string of the molecule is O=C(O)CCc1ccc(F)s1. The quantitative estimate of drug-likeness (QED) is 0.759. The molecule has 0 aliphatic rings. The van der Waals surface area contributed by atoms with E-state index >= 15 is 0 Å². The zero-order valence-corrected chi connectivity index (χ0v) is 6.53. The molecule has 0 saturated carbocycles. The van der Waals surface area contributed by atoms with Gasteiger partial charge >= 0.3 is 5.97 Å². The minimum absolute atomic E-state index is 0.0694. The Kier molecular flexibility index (Phi) is 2.59. The minimum atomic E-state index is -0.848. The molecule has 0 atom stereocenters. The number of carboxylic acids is 1. The molecule has 11 heavy (non-hydrogen) atoms. The number of aryl methyl sites for hydroxylation is 1. The average Bonchev–Trinajstić information content (AvgIpc) is 2.31. The highest BCUT2D eigenvalue weighted by atomic mass is 32.1. The van der Waals surface area contributed by atoms with Gasteiger partial charge < -0.3 is 5.11 Å². The molecule has 0 radical (unpaired) electrons. The summed E-state index contributed by atoms with van der Waals surface area (Å²) >= 11 is 1.000. The Morgan fingerprint density at radius 2 is 2.36 bits per heavy atom. The van der Waals surface area contributed by atoms with Crippen molar-refractivity contribution in [3.8, 4) is 0 Å². The zero-order chi connectivity index (χ0) is 8.27. The summed E-state index contributed by atoms with van der Waals surface area (Å²) in [6, 6.07) is 2.96. The van der Waals surface area contributed by atoms with Gasteiger partial charge in [-0.1, -0.05) is 0 Å². The summed E-state index contributed by atoms with van der Waals surface area (Å²) in [7, 11) is 0. The fourth-order valence-corrected chi connectivity index (χ4v) is 1.44. The maximum Gasteiger partial charge on any atom is 0.303 e. The number of halogens is 1. The van der Waals surface area contributed by atoms with Crippen LogP contribution in [-0.4, -0.2) is 11.1 Å². The fraction of sp³-hybridized carbons (Fsp3) is 0.286. The second kappa shape index (κ2) is 3.48. The van der Waals surface area contributed by atoms with E-state index in [1.165, 1.54) is 6.07 Å². The van der Waals surface area contributed by atoms with Gasteiger partial charge in [-0.25, -0.2) is 0 Å². The average molecular weight is 174 g/mol. The maximum atomic E-state index is 12.3. The second-order valence-corrected chi connectivity index (χ2v) is 3.22. The molecule has 0 aliphatic carbocycles. The topological polar surface area (TPSA) is 37.3 Å². The Morgan fingerprint density at radius 3 is 2.82 bits per heavy atom. The van der Waals surface area contributed by atoms with E-state index in [0.717, 1.165) is 16.2 Å². The molecule has 1 N–H and O–H groups in total. The lowest BCUT2D eigenvalue weighted by Crippen LogP contribution is -1.95. The van der Waals surface area contributed by atoms with E-state index in [0.29, 0.717) is 6.42 Å². The molecular formula is C7H7FO2S. The maximum absolute atomic E-state index is 12.3. The van der Waals surface area contributed by atoms with Crippen LogP contribution < -0.4 is 0 Å². The standard InChI is InChI=1S/C7H7FO2S/c8-6-3-1-5(11-6)2-4-7(9)10/h1,3H,2,4H2,(H,9,10). The highest BCUT2D eigenvalue weighted by Crippen LogP contribution is 2.15. The number of carbonyl (C=O) groups is 1. The number of hydrogen-bond donors (Lipinski definition) is 1. The summed E-state index contributed by atoms with van der Waals surface area (Å²) in [6.45, 7) is 0. The van der Waals surface area contributed by atoms with E-state index in [-0.39, 0.29) is 11.6 Å². The molecule has 2 nitrogen and oxygen atoms in total. The van der Waals surface area contributed by atoms with Crippen molar-refractivity contribution < 1.29 is 14.3 Å². The van der Waals surface area contributed by atoms with Gasteiger partial charge in [0.05, 0.1) is 6.42 Å². The second-order valence-electron chi connectivity index (χ2n) is 2.10. The van der Waals surface area contributed by atoms with Crippen LogP contribution in [-0.2, 0) is 11.2 Å².